The topological polar surface area (TPSA) is 78.7 Å². The van der Waals surface area contributed by atoms with E-state index >= 15 is 0 Å². The number of rotatable bonds is 6. The minimum Gasteiger partial charge on any atom is -0.299 e. The monoisotopic (exact) mass is 263 g/mol. The van der Waals surface area contributed by atoms with Crippen molar-refractivity contribution in [3.63, 3.8) is 0 Å². The van der Waals surface area contributed by atoms with E-state index in [4.69, 9.17) is 5.26 Å². The van der Waals surface area contributed by atoms with Crippen LogP contribution < -0.4 is 11.2 Å². The van der Waals surface area contributed by atoms with E-state index in [2.05, 4.69) is 25.8 Å². The first kappa shape index (κ1) is 15.2. The lowest BCUT2D eigenvalue weighted by Gasteiger charge is -2.25. The highest BCUT2D eigenvalue weighted by Crippen LogP contribution is 2.25. The lowest BCUT2D eigenvalue weighted by Crippen LogP contribution is -2.35. The Morgan fingerprint density at radius 1 is 1.37 bits per heavy atom. The van der Waals surface area contributed by atoms with E-state index in [1.54, 1.807) is 6.07 Å². The number of unbranched alkanes of at least 4 members (excludes halogenated alkanes) is 2. The molecule has 0 saturated heterocycles. The van der Waals surface area contributed by atoms with Crippen LogP contribution in [0.2, 0.25) is 0 Å². The SMILES string of the molecule is CCCCCC(C)(C)Cn1cc(C#N)c(=O)[nH]c1=O. The van der Waals surface area contributed by atoms with Crippen LogP contribution in [0.25, 0.3) is 0 Å². The molecule has 1 aromatic heterocycles. The summed E-state index contributed by atoms with van der Waals surface area (Å²) >= 11 is 0. The molecule has 0 radical (unpaired) electrons. The van der Waals surface area contributed by atoms with Gasteiger partial charge in [-0.05, 0) is 11.8 Å². The molecular weight excluding hydrogens is 242 g/mol. The molecule has 0 fully saturated rings. The van der Waals surface area contributed by atoms with Gasteiger partial charge in [0.25, 0.3) is 5.56 Å². The molecule has 5 heteroatoms. The molecule has 0 aliphatic rings. The van der Waals surface area contributed by atoms with Crippen molar-refractivity contribution in [2.24, 2.45) is 5.41 Å². The van der Waals surface area contributed by atoms with Crippen molar-refractivity contribution < 1.29 is 0 Å². The second kappa shape index (κ2) is 6.37. The quantitative estimate of drug-likeness (QED) is 0.797. The zero-order valence-electron chi connectivity index (χ0n) is 11.8. The maximum atomic E-state index is 11.7. The molecule has 0 saturated carbocycles. The lowest BCUT2D eigenvalue weighted by molar-refractivity contribution is 0.266. The van der Waals surface area contributed by atoms with E-state index in [0.717, 1.165) is 19.3 Å². The fourth-order valence-corrected chi connectivity index (χ4v) is 2.10. The third-order valence-electron chi connectivity index (χ3n) is 3.19. The van der Waals surface area contributed by atoms with Crippen LogP contribution in [0, 0.1) is 16.7 Å². The summed E-state index contributed by atoms with van der Waals surface area (Å²) in [7, 11) is 0. The number of aromatic amines is 1. The molecule has 0 aliphatic carbocycles. The zero-order valence-corrected chi connectivity index (χ0v) is 11.8. The molecule has 1 N–H and O–H groups in total. The fourth-order valence-electron chi connectivity index (χ4n) is 2.10. The van der Waals surface area contributed by atoms with Gasteiger partial charge in [-0.25, -0.2) is 4.79 Å². The van der Waals surface area contributed by atoms with Crippen molar-refractivity contribution in [2.45, 2.75) is 53.0 Å². The maximum Gasteiger partial charge on any atom is 0.328 e. The van der Waals surface area contributed by atoms with Gasteiger partial charge in [0.2, 0.25) is 0 Å². The summed E-state index contributed by atoms with van der Waals surface area (Å²) in [5.41, 5.74) is -1.13. The molecule has 0 amide bonds. The molecule has 0 unspecified atom stereocenters. The highest BCUT2D eigenvalue weighted by atomic mass is 16.2. The van der Waals surface area contributed by atoms with Crippen molar-refractivity contribution in [2.75, 3.05) is 0 Å². The van der Waals surface area contributed by atoms with Crippen molar-refractivity contribution >= 4 is 0 Å². The van der Waals surface area contributed by atoms with Crippen LogP contribution in [-0.2, 0) is 6.54 Å². The van der Waals surface area contributed by atoms with Gasteiger partial charge in [-0.15, -0.1) is 0 Å². The van der Waals surface area contributed by atoms with E-state index in [1.165, 1.54) is 17.2 Å². The Hall–Kier alpha value is -1.83. The number of nitrogens with one attached hydrogen (secondary N) is 1. The number of nitriles is 1. The number of nitrogens with zero attached hydrogens (tertiary/aromatic N) is 2. The molecule has 1 heterocycles. The normalized spacial score (nSPS) is 11.3. The second-order valence-electron chi connectivity index (χ2n) is 5.66. The summed E-state index contributed by atoms with van der Waals surface area (Å²) in [6, 6.07) is 1.80. The first-order chi connectivity index (χ1) is 8.89. The number of hydrogen-bond donors (Lipinski definition) is 1. The summed E-state index contributed by atoms with van der Waals surface area (Å²) in [5.74, 6) is 0. The Morgan fingerprint density at radius 2 is 2.05 bits per heavy atom. The van der Waals surface area contributed by atoms with Crippen molar-refractivity contribution in [3.8, 4) is 6.07 Å². The van der Waals surface area contributed by atoms with E-state index in [1.807, 2.05) is 0 Å². The molecule has 0 spiro atoms. The minimum atomic E-state index is -0.618. The third kappa shape index (κ3) is 4.40. The molecule has 19 heavy (non-hydrogen) atoms. The number of hydrogen-bond acceptors (Lipinski definition) is 3. The highest BCUT2D eigenvalue weighted by Gasteiger charge is 2.19. The van der Waals surface area contributed by atoms with Gasteiger partial charge in [-0.1, -0.05) is 40.0 Å². The number of H-pyrrole nitrogens is 1. The Morgan fingerprint density at radius 3 is 2.63 bits per heavy atom. The summed E-state index contributed by atoms with van der Waals surface area (Å²) < 4.78 is 1.42. The first-order valence-electron chi connectivity index (χ1n) is 6.63. The van der Waals surface area contributed by atoms with Crippen LogP contribution in [-0.4, -0.2) is 9.55 Å². The van der Waals surface area contributed by atoms with Gasteiger partial charge in [-0.3, -0.25) is 14.3 Å². The Labute approximate surface area is 112 Å². The van der Waals surface area contributed by atoms with Gasteiger partial charge < -0.3 is 0 Å². The lowest BCUT2D eigenvalue weighted by atomic mass is 9.87. The molecule has 0 atom stereocenters. The molecule has 104 valence electrons. The van der Waals surface area contributed by atoms with E-state index in [9.17, 15) is 9.59 Å². The molecular formula is C14H21N3O2. The van der Waals surface area contributed by atoms with Gasteiger partial charge in [0.05, 0.1) is 0 Å². The highest BCUT2D eigenvalue weighted by molar-refractivity contribution is 5.21. The van der Waals surface area contributed by atoms with Gasteiger partial charge in [0.15, 0.2) is 0 Å². The van der Waals surface area contributed by atoms with E-state index < -0.39 is 11.2 Å². The molecule has 1 aromatic rings. The Kier molecular flexibility index (Phi) is 5.11. The van der Waals surface area contributed by atoms with Crippen LogP contribution in [0.4, 0.5) is 0 Å². The zero-order chi connectivity index (χ0) is 14.5. The maximum absolute atomic E-state index is 11.7. The summed E-state index contributed by atoms with van der Waals surface area (Å²) in [6.07, 6.45) is 5.81. The van der Waals surface area contributed by atoms with Gasteiger partial charge in [0, 0.05) is 12.7 Å². The second-order valence-corrected chi connectivity index (χ2v) is 5.66. The van der Waals surface area contributed by atoms with Crippen LogP contribution in [0.3, 0.4) is 0 Å². The summed E-state index contributed by atoms with van der Waals surface area (Å²) in [4.78, 5) is 25.2. The number of aromatic nitrogens is 2. The average molecular weight is 263 g/mol. The third-order valence-corrected chi connectivity index (χ3v) is 3.19. The molecule has 0 aromatic carbocycles. The van der Waals surface area contributed by atoms with Gasteiger partial charge >= 0.3 is 5.69 Å². The fraction of sp³-hybridized carbons (Fsp3) is 0.643. The van der Waals surface area contributed by atoms with Crippen molar-refractivity contribution in [1.82, 2.24) is 9.55 Å². The Balaban J connectivity index is 2.90. The van der Waals surface area contributed by atoms with Crippen molar-refractivity contribution in [1.29, 1.82) is 5.26 Å². The smallest absolute Gasteiger partial charge is 0.299 e. The van der Waals surface area contributed by atoms with Gasteiger partial charge in [0.1, 0.15) is 11.6 Å². The van der Waals surface area contributed by atoms with Crippen LogP contribution in [0.5, 0.6) is 0 Å². The predicted molar refractivity (Wildman–Crippen MR) is 74.0 cm³/mol. The molecule has 0 bridgehead atoms. The van der Waals surface area contributed by atoms with E-state index in [-0.39, 0.29) is 11.0 Å². The standard InChI is InChI=1S/C14H21N3O2/c1-4-5-6-7-14(2,3)10-17-9-11(8-15)12(18)16-13(17)19/h9H,4-7,10H2,1-3H3,(H,16,18,19). The molecule has 5 nitrogen and oxygen atoms in total. The summed E-state index contributed by atoms with van der Waals surface area (Å²) in [6.45, 7) is 6.83. The van der Waals surface area contributed by atoms with Gasteiger partial charge in [-0.2, -0.15) is 5.26 Å². The average Bonchev–Trinajstić information content (AvgIpc) is 2.32. The van der Waals surface area contributed by atoms with Crippen molar-refractivity contribution in [3.05, 3.63) is 32.6 Å². The molecule has 0 aliphatic heterocycles. The van der Waals surface area contributed by atoms with Crippen LogP contribution >= 0.6 is 0 Å². The first-order valence-corrected chi connectivity index (χ1v) is 6.63. The largest absolute Gasteiger partial charge is 0.328 e. The predicted octanol–water partition coefficient (Wildman–Crippen LogP) is 2.01. The van der Waals surface area contributed by atoms with E-state index in [0.29, 0.717) is 6.54 Å². The minimum absolute atomic E-state index is 0.0241. The molecule has 1 rings (SSSR count). The Bertz CT molecular complexity index is 576. The summed E-state index contributed by atoms with van der Waals surface area (Å²) in [5, 5.41) is 8.82. The van der Waals surface area contributed by atoms with Crippen LogP contribution in [0.15, 0.2) is 15.8 Å². The van der Waals surface area contributed by atoms with Crippen LogP contribution in [0.1, 0.15) is 52.0 Å².